The summed E-state index contributed by atoms with van der Waals surface area (Å²) in [4.78, 5) is 10.7. The summed E-state index contributed by atoms with van der Waals surface area (Å²) in [5.41, 5.74) is 5.83. The standard InChI is InChI=1S/C13H22N6O2/c1-7(20-3)9-6-21-10-11(16-9)17-13(14)18-12(10)19-4-8(5-19)15-2/h7-9,15H,4-6H2,1-3H3,(H3,14,16,17,18)/t7-,9-/m0/s1. The van der Waals surface area contributed by atoms with E-state index in [4.69, 9.17) is 15.2 Å². The number of methoxy groups -OCH3 is 1. The Bertz CT molecular complexity index is 520. The largest absolute Gasteiger partial charge is 0.484 e. The second kappa shape index (κ2) is 5.53. The van der Waals surface area contributed by atoms with Crippen LogP contribution in [-0.2, 0) is 4.74 Å². The van der Waals surface area contributed by atoms with E-state index in [1.807, 2.05) is 14.0 Å². The quantitative estimate of drug-likeness (QED) is 0.695. The van der Waals surface area contributed by atoms with Gasteiger partial charge in [0.15, 0.2) is 11.6 Å². The lowest BCUT2D eigenvalue weighted by Gasteiger charge is -2.41. The van der Waals surface area contributed by atoms with E-state index in [-0.39, 0.29) is 18.1 Å². The third kappa shape index (κ3) is 2.56. The number of anilines is 3. The van der Waals surface area contributed by atoms with Gasteiger partial charge >= 0.3 is 0 Å². The number of likely N-dealkylation sites (N-methyl/N-ethyl adjacent to an activating group) is 1. The van der Waals surface area contributed by atoms with Crippen LogP contribution in [0, 0.1) is 0 Å². The van der Waals surface area contributed by atoms with E-state index in [0.717, 1.165) is 18.9 Å². The van der Waals surface area contributed by atoms with Crippen LogP contribution in [0.15, 0.2) is 0 Å². The Kier molecular flexibility index (Phi) is 3.73. The molecular formula is C13H22N6O2. The number of nitrogens with one attached hydrogen (secondary N) is 2. The number of nitrogen functional groups attached to an aromatic ring is 1. The van der Waals surface area contributed by atoms with Gasteiger partial charge in [-0.2, -0.15) is 9.97 Å². The van der Waals surface area contributed by atoms with Crippen molar-refractivity contribution in [3.8, 4) is 5.75 Å². The maximum atomic E-state index is 5.89. The second-order valence-corrected chi connectivity index (χ2v) is 5.48. The highest BCUT2D eigenvalue weighted by Crippen LogP contribution is 2.38. The molecule has 0 aromatic carbocycles. The first-order valence-electron chi connectivity index (χ1n) is 7.14. The van der Waals surface area contributed by atoms with Gasteiger partial charge in [-0.1, -0.05) is 0 Å². The Morgan fingerprint density at radius 2 is 2.24 bits per heavy atom. The molecule has 3 rings (SSSR count). The summed E-state index contributed by atoms with van der Waals surface area (Å²) in [5.74, 6) is 2.34. The highest BCUT2D eigenvalue weighted by molar-refractivity contribution is 5.69. The molecule has 2 aliphatic rings. The lowest BCUT2D eigenvalue weighted by atomic mass is 10.1. The monoisotopic (exact) mass is 294 g/mol. The minimum atomic E-state index is 0.0236. The molecule has 1 saturated heterocycles. The highest BCUT2D eigenvalue weighted by Gasteiger charge is 2.34. The second-order valence-electron chi connectivity index (χ2n) is 5.48. The van der Waals surface area contributed by atoms with Gasteiger partial charge in [-0.05, 0) is 14.0 Å². The van der Waals surface area contributed by atoms with E-state index in [9.17, 15) is 0 Å². The van der Waals surface area contributed by atoms with Gasteiger partial charge in [0.05, 0.1) is 12.1 Å². The van der Waals surface area contributed by atoms with E-state index in [1.54, 1.807) is 7.11 Å². The Labute approximate surface area is 124 Å². The van der Waals surface area contributed by atoms with Crippen molar-refractivity contribution < 1.29 is 9.47 Å². The molecule has 4 N–H and O–H groups in total. The number of rotatable bonds is 4. The first-order valence-corrected chi connectivity index (χ1v) is 7.14. The average molecular weight is 294 g/mol. The molecule has 0 saturated carbocycles. The smallest absolute Gasteiger partial charge is 0.224 e. The lowest BCUT2D eigenvalue weighted by molar-refractivity contribution is 0.0803. The van der Waals surface area contributed by atoms with E-state index in [0.29, 0.717) is 24.2 Å². The van der Waals surface area contributed by atoms with Crippen LogP contribution in [-0.4, -0.2) is 62.0 Å². The molecule has 0 radical (unpaired) electrons. The lowest BCUT2D eigenvalue weighted by Crippen LogP contribution is -2.57. The number of ether oxygens (including phenoxy) is 2. The molecule has 1 fully saturated rings. The van der Waals surface area contributed by atoms with Crippen molar-refractivity contribution in [3.05, 3.63) is 0 Å². The number of hydrogen-bond acceptors (Lipinski definition) is 8. The van der Waals surface area contributed by atoms with Crippen molar-refractivity contribution >= 4 is 17.6 Å². The maximum absolute atomic E-state index is 5.89. The summed E-state index contributed by atoms with van der Waals surface area (Å²) < 4.78 is 11.2. The molecule has 21 heavy (non-hydrogen) atoms. The van der Waals surface area contributed by atoms with E-state index >= 15 is 0 Å². The van der Waals surface area contributed by atoms with E-state index in [2.05, 4.69) is 25.5 Å². The first-order chi connectivity index (χ1) is 10.1. The van der Waals surface area contributed by atoms with Gasteiger partial charge in [-0.3, -0.25) is 0 Å². The Hall–Kier alpha value is -1.80. The summed E-state index contributed by atoms with van der Waals surface area (Å²) >= 11 is 0. The molecule has 2 atom stereocenters. The molecule has 2 aliphatic heterocycles. The summed E-state index contributed by atoms with van der Waals surface area (Å²) in [6.45, 7) is 4.29. The van der Waals surface area contributed by atoms with Crippen molar-refractivity contribution in [1.82, 2.24) is 15.3 Å². The van der Waals surface area contributed by atoms with Crippen molar-refractivity contribution in [3.63, 3.8) is 0 Å². The molecule has 8 heteroatoms. The Balaban J connectivity index is 1.83. The van der Waals surface area contributed by atoms with Crippen LogP contribution in [0.3, 0.4) is 0 Å². The molecular weight excluding hydrogens is 272 g/mol. The third-order valence-corrected chi connectivity index (χ3v) is 4.12. The van der Waals surface area contributed by atoms with Gasteiger partial charge in [-0.15, -0.1) is 0 Å². The molecule has 0 bridgehead atoms. The van der Waals surface area contributed by atoms with Crippen LogP contribution >= 0.6 is 0 Å². The fraction of sp³-hybridized carbons (Fsp3) is 0.692. The van der Waals surface area contributed by atoms with Crippen LogP contribution in [0.2, 0.25) is 0 Å². The molecule has 0 unspecified atom stereocenters. The zero-order valence-electron chi connectivity index (χ0n) is 12.6. The molecule has 3 heterocycles. The van der Waals surface area contributed by atoms with Crippen LogP contribution in [0.1, 0.15) is 6.92 Å². The van der Waals surface area contributed by atoms with Crippen LogP contribution in [0.4, 0.5) is 17.6 Å². The number of nitrogens with two attached hydrogens (primary N) is 1. The molecule has 8 nitrogen and oxygen atoms in total. The summed E-state index contributed by atoms with van der Waals surface area (Å²) in [6, 6.07) is 0.528. The van der Waals surface area contributed by atoms with Crippen molar-refractivity contribution in [2.24, 2.45) is 0 Å². The summed E-state index contributed by atoms with van der Waals surface area (Å²) in [7, 11) is 3.64. The predicted molar refractivity (Wildman–Crippen MR) is 80.9 cm³/mol. The summed E-state index contributed by atoms with van der Waals surface area (Å²) in [5, 5.41) is 6.57. The zero-order valence-corrected chi connectivity index (χ0v) is 12.6. The van der Waals surface area contributed by atoms with Crippen molar-refractivity contribution in [2.45, 2.75) is 25.1 Å². The normalized spacial score (nSPS) is 22.8. The van der Waals surface area contributed by atoms with Gasteiger partial charge in [0, 0.05) is 26.2 Å². The minimum absolute atomic E-state index is 0.0236. The maximum Gasteiger partial charge on any atom is 0.224 e. The van der Waals surface area contributed by atoms with Gasteiger partial charge in [0.1, 0.15) is 6.61 Å². The summed E-state index contributed by atoms with van der Waals surface area (Å²) in [6.07, 6.45) is 0.0236. The predicted octanol–water partition coefficient (Wildman–Crippen LogP) is -0.325. The number of fused-ring (bicyclic) bond motifs is 1. The van der Waals surface area contributed by atoms with E-state index < -0.39 is 0 Å². The van der Waals surface area contributed by atoms with Gasteiger partial charge in [0.25, 0.3) is 0 Å². The molecule has 0 amide bonds. The minimum Gasteiger partial charge on any atom is -0.484 e. The van der Waals surface area contributed by atoms with Gasteiger partial charge in [0.2, 0.25) is 11.7 Å². The van der Waals surface area contributed by atoms with Crippen LogP contribution < -0.4 is 26.0 Å². The number of hydrogen-bond donors (Lipinski definition) is 3. The molecule has 1 aromatic heterocycles. The zero-order chi connectivity index (χ0) is 15.0. The van der Waals surface area contributed by atoms with Crippen LogP contribution in [0.25, 0.3) is 0 Å². The van der Waals surface area contributed by atoms with E-state index in [1.165, 1.54) is 0 Å². The molecule has 0 aliphatic carbocycles. The van der Waals surface area contributed by atoms with Gasteiger partial charge < -0.3 is 30.7 Å². The molecule has 116 valence electrons. The number of aromatic nitrogens is 2. The Morgan fingerprint density at radius 1 is 1.48 bits per heavy atom. The fourth-order valence-corrected chi connectivity index (χ4v) is 2.54. The topological polar surface area (TPSA) is 97.6 Å². The first kappa shape index (κ1) is 14.2. The molecule has 0 spiro atoms. The highest BCUT2D eigenvalue weighted by atomic mass is 16.5. The Morgan fingerprint density at radius 3 is 2.90 bits per heavy atom. The van der Waals surface area contributed by atoms with Crippen molar-refractivity contribution in [1.29, 1.82) is 0 Å². The fourth-order valence-electron chi connectivity index (χ4n) is 2.54. The van der Waals surface area contributed by atoms with Crippen molar-refractivity contribution in [2.75, 3.05) is 49.8 Å². The van der Waals surface area contributed by atoms with Crippen LogP contribution in [0.5, 0.6) is 5.75 Å². The average Bonchev–Trinajstić information content (AvgIpc) is 2.44. The van der Waals surface area contributed by atoms with Gasteiger partial charge in [-0.25, -0.2) is 0 Å². The molecule has 1 aromatic rings. The third-order valence-electron chi connectivity index (χ3n) is 4.12. The number of nitrogens with zero attached hydrogens (tertiary/aromatic N) is 3. The SMILES string of the molecule is CNC1CN(c2nc(N)nc3c2OC[C@@H]([C@H](C)OC)N3)C1.